The zero-order valence-corrected chi connectivity index (χ0v) is 11.7. The molecule has 110 valence electrons. The van der Waals surface area contributed by atoms with E-state index in [0.717, 1.165) is 0 Å². The van der Waals surface area contributed by atoms with Crippen LogP contribution in [0.4, 0.5) is 0 Å². The van der Waals surface area contributed by atoms with Crippen LogP contribution in [0.5, 0.6) is 0 Å². The Morgan fingerprint density at radius 1 is 1.27 bits per heavy atom. The van der Waals surface area contributed by atoms with Crippen molar-refractivity contribution in [2.45, 2.75) is 13.0 Å². The number of H-pyrrole nitrogens is 1. The number of hydrogen-bond acceptors (Lipinski definition) is 6. The number of aromatic amines is 1. The Morgan fingerprint density at radius 3 is 2.86 bits per heavy atom. The molecule has 0 aliphatic carbocycles. The molecule has 2 aromatic heterocycles. The first-order valence-electron chi connectivity index (χ1n) is 6.61. The summed E-state index contributed by atoms with van der Waals surface area (Å²) in [6.07, 6.45) is 3.46. The molecule has 7 heteroatoms. The van der Waals surface area contributed by atoms with Crippen molar-refractivity contribution < 1.29 is 9.53 Å². The third-order valence-corrected chi connectivity index (χ3v) is 3.07. The Bertz CT molecular complexity index is 877. The van der Waals surface area contributed by atoms with Crippen LogP contribution in [-0.2, 0) is 4.74 Å². The van der Waals surface area contributed by atoms with Gasteiger partial charge in [0.1, 0.15) is 0 Å². The Labute approximate surface area is 125 Å². The molecule has 7 nitrogen and oxygen atoms in total. The van der Waals surface area contributed by atoms with E-state index in [0.29, 0.717) is 10.9 Å². The first-order valence-corrected chi connectivity index (χ1v) is 6.61. The molecule has 0 aliphatic rings. The van der Waals surface area contributed by atoms with Crippen LogP contribution in [0.3, 0.4) is 0 Å². The SMILES string of the molecule is C[C@@H](OC(=O)c1cnccn1)c1nc2ccccc2c(=O)[nH]1. The van der Waals surface area contributed by atoms with Gasteiger partial charge in [-0.2, -0.15) is 0 Å². The normalized spacial score (nSPS) is 12.0. The summed E-state index contributed by atoms with van der Waals surface area (Å²) in [4.78, 5) is 38.5. The number of aromatic nitrogens is 4. The van der Waals surface area contributed by atoms with Crippen molar-refractivity contribution in [3.05, 3.63) is 64.7 Å². The molecule has 0 aliphatic heterocycles. The van der Waals surface area contributed by atoms with Gasteiger partial charge >= 0.3 is 5.97 Å². The highest BCUT2D eigenvalue weighted by atomic mass is 16.5. The molecule has 2 heterocycles. The average Bonchev–Trinajstić information content (AvgIpc) is 2.55. The average molecular weight is 296 g/mol. The van der Waals surface area contributed by atoms with Gasteiger partial charge in [0.05, 0.1) is 17.1 Å². The van der Waals surface area contributed by atoms with E-state index < -0.39 is 12.1 Å². The number of rotatable bonds is 3. The quantitative estimate of drug-likeness (QED) is 0.738. The fraction of sp³-hybridized carbons (Fsp3) is 0.133. The molecule has 22 heavy (non-hydrogen) atoms. The summed E-state index contributed by atoms with van der Waals surface area (Å²) >= 11 is 0. The predicted octanol–water partition coefficient (Wildman–Crippen LogP) is 1.63. The minimum atomic E-state index is -0.716. The molecule has 0 fully saturated rings. The van der Waals surface area contributed by atoms with Crippen LogP contribution in [0, 0.1) is 0 Å². The topological polar surface area (TPSA) is 97.8 Å². The number of carbonyl (C=O) groups excluding carboxylic acids is 1. The number of nitrogens with one attached hydrogen (secondary N) is 1. The molecular formula is C15H12N4O3. The van der Waals surface area contributed by atoms with E-state index in [1.165, 1.54) is 18.6 Å². The first kappa shape index (κ1) is 13.9. The highest BCUT2D eigenvalue weighted by molar-refractivity contribution is 5.86. The second kappa shape index (κ2) is 5.72. The summed E-state index contributed by atoms with van der Waals surface area (Å²) < 4.78 is 5.25. The maximum atomic E-state index is 12.0. The number of esters is 1. The molecule has 0 unspecified atom stereocenters. The molecule has 1 atom stereocenters. The number of carbonyl (C=O) groups is 1. The van der Waals surface area contributed by atoms with Gasteiger partial charge in [-0.15, -0.1) is 0 Å². The van der Waals surface area contributed by atoms with E-state index in [9.17, 15) is 9.59 Å². The Morgan fingerprint density at radius 2 is 2.09 bits per heavy atom. The largest absolute Gasteiger partial charge is 0.450 e. The van der Waals surface area contributed by atoms with Crippen molar-refractivity contribution in [3.8, 4) is 0 Å². The second-order valence-electron chi connectivity index (χ2n) is 4.61. The van der Waals surface area contributed by atoms with Crippen molar-refractivity contribution in [1.29, 1.82) is 0 Å². The number of hydrogen-bond donors (Lipinski definition) is 1. The molecule has 0 radical (unpaired) electrons. The highest BCUT2D eigenvalue weighted by Gasteiger charge is 2.17. The molecule has 0 saturated heterocycles. The third kappa shape index (κ3) is 2.69. The molecule has 0 bridgehead atoms. The Kier molecular flexibility index (Phi) is 3.61. The highest BCUT2D eigenvalue weighted by Crippen LogP contribution is 2.15. The van der Waals surface area contributed by atoms with Gasteiger partial charge in [0.25, 0.3) is 5.56 Å². The molecule has 0 spiro atoms. The summed E-state index contributed by atoms with van der Waals surface area (Å²) in [5.41, 5.74) is 0.365. The lowest BCUT2D eigenvalue weighted by Crippen LogP contribution is -2.18. The lowest BCUT2D eigenvalue weighted by Gasteiger charge is -2.12. The number of fused-ring (bicyclic) bond motifs is 1. The van der Waals surface area contributed by atoms with Crippen molar-refractivity contribution in [2.24, 2.45) is 0 Å². The van der Waals surface area contributed by atoms with Gasteiger partial charge in [0.15, 0.2) is 17.6 Å². The van der Waals surface area contributed by atoms with Gasteiger partial charge in [-0.05, 0) is 19.1 Å². The summed E-state index contributed by atoms with van der Waals surface area (Å²) in [6, 6.07) is 6.96. The second-order valence-corrected chi connectivity index (χ2v) is 4.61. The van der Waals surface area contributed by atoms with E-state index in [-0.39, 0.29) is 17.1 Å². The fourth-order valence-corrected chi connectivity index (χ4v) is 1.98. The summed E-state index contributed by atoms with van der Waals surface area (Å²) in [7, 11) is 0. The van der Waals surface area contributed by atoms with Crippen LogP contribution in [-0.4, -0.2) is 25.9 Å². The Balaban J connectivity index is 1.88. The maximum Gasteiger partial charge on any atom is 0.359 e. The van der Waals surface area contributed by atoms with Gasteiger partial charge < -0.3 is 9.72 Å². The zero-order chi connectivity index (χ0) is 15.5. The van der Waals surface area contributed by atoms with Crippen molar-refractivity contribution in [2.75, 3.05) is 0 Å². The smallest absolute Gasteiger partial charge is 0.359 e. The van der Waals surface area contributed by atoms with E-state index in [4.69, 9.17) is 4.74 Å². The van der Waals surface area contributed by atoms with E-state index in [1.807, 2.05) is 0 Å². The van der Waals surface area contributed by atoms with Crippen LogP contribution in [0.25, 0.3) is 10.9 Å². The van der Waals surface area contributed by atoms with Crippen molar-refractivity contribution in [3.63, 3.8) is 0 Å². The molecule has 3 rings (SSSR count). The first-order chi connectivity index (χ1) is 10.6. The van der Waals surface area contributed by atoms with Crippen LogP contribution in [0.1, 0.15) is 29.3 Å². The van der Waals surface area contributed by atoms with Crippen LogP contribution in [0.15, 0.2) is 47.7 Å². The van der Waals surface area contributed by atoms with Crippen molar-refractivity contribution in [1.82, 2.24) is 19.9 Å². The van der Waals surface area contributed by atoms with Gasteiger partial charge in [-0.25, -0.2) is 14.8 Å². The lowest BCUT2D eigenvalue weighted by molar-refractivity contribution is 0.0312. The van der Waals surface area contributed by atoms with Gasteiger partial charge in [-0.3, -0.25) is 9.78 Å². The number of nitrogens with zero attached hydrogens (tertiary/aromatic N) is 3. The van der Waals surface area contributed by atoms with Crippen LogP contribution >= 0.6 is 0 Å². The molecule has 1 N–H and O–H groups in total. The van der Waals surface area contributed by atoms with E-state index in [1.54, 1.807) is 31.2 Å². The minimum Gasteiger partial charge on any atom is -0.450 e. The van der Waals surface area contributed by atoms with E-state index in [2.05, 4.69) is 19.9 Å². The van der Waals surface area contributed by atoms with Gasteiger partial charge in [0, 0.05) is 12.4 Å². The van der Waals surface area contributed by atoms with Crippen LogP contribution in [0.2, 0.25) is 0 Å². The molecule has 0 saturated carbocycles. The molecular weight excluding hydrogens is 284 g/mol. The van der Waals surface area contributed by atoms with Crippen LogP contribution < -0.4 is 5.56 Å². The van der Waals surface area contributed by atoms with Gasteiger partial charge in [0.2, 0.25) is 0 Å². The monoisotopic (exact) mass is 296 g/mol. The fourth-order valence-electron chi connectivity index (χ4n) is 1.98. The maximum absolute atomic E-state index is 12.0. The van der Waals surface area contributed by atoms with Gasteiger partial charge in [-0.1, -0.05) is 12.1 Å². The molecule has 3 aromatic rings. The number of benzene rings is 1. The lowest BCUT2D eigenvalue weighted by atomic mass is 10.2. The standard InChI is InChI=1S/C15H12N4O3/c1-9(22-15(21)12-8-16-6-7-17-12)13-18-11-5-3-2-4-10(11)14(20)19-13/h2-9H,1H3,(H,18,19,20)/t9-/m1/s1. The number of para-hydroxylation sites is 1. The zero-order valence-electron chi connectivity index (χ0n) is 11.7. The summed E-state index contributed by atoms with van der Waals surface area (Å²) in [5, 5.41) is 0.485. The molecule has 0 amide bonds. The summed E-state index contributed by atoms with van der Waals surface area (Å²) in [6.45, 7) is 1.63. The molecule has 1 aromatic carbocycles. The van der Waals surface area contributed by atoms with Crippen molar-refractivity contribution >= 4 is 16.9 Å². The Hall–Kier alpha value is -3.09. The van der Waals surface area contributed by atoms with E-state index >= 15 is 0 Å². The third-order valence-electron chi connectivity index (χ3n) is 3.07. The number of ether oxygens (including phenoxy) is 1. The minimum absolute atomic E-state index is 0.0949. The predicted molar refractivity (Wildman–Crippen MR) is 78.2 cm³/mol. The summed E-state index contributed by atoms with van der Waals surface area (Å²) in [5.74, 6) is -0.350.